The van der Waals surface area contributed by atoms with Crippen molar-refractivity contribution in [1.29, 1.82) is 0 Å². The van der Waals surface area contributed by atoms with Crippen molar-refractivity contribution in [1.82, 2.24) is 0 Å². The summed E-state index contributed by atoms with van der Waals surface area (Å²) < 4.78 is 50.6. The van der Waals surface area contributed by atoms with E-state index in [9.17, 15) is 18.0 Å². The van der Waals surface area contributed by atoms with Crippen LogP contribution in [0.3, 0.4) is 0 Å². The maximum Gasteiger partial charge on any atom is 0.416 e. The third-order valence-corrected chi connectivity index (χ3v) is 6.03. The van der Waals surface area contributed by atoms with Crippen LogP contribution in [-0.2, 0) is 10.9 Å². The number of hydrogen-bond donors (Lipinski definition) is 0. The number of halogens is 6. The second kappa shape index (κ2) is 10.0. The van der Waals surface area contributed by atoms with Gasteiger partial charge in [-0.25, -0.2) is 4.79 Å². The fourth-order valence-corrected chi connectivity index (χ4v) is 3.56. The fraction of sp³-hybridized carbons (Fsp3) is 0.318. The zero-order valence-electron chi connectivity index (χ0n) is 17.2. The lowest BCUT2D eigenvalue weighted by molar-refractivity contribution is -0.137. The molecule has 2 aromatic rings. The molecule has 0 unspecified atom stereocenters. The van der Waals surface area contributed by atoms with E-state index in [4.69, 9.17) is 32.7 Å². The number of rotatable bonds is 5. The summed E-state index contributed by atoms with van der Waals surface area (Å²) in [6, 6.07) is 5.03. The predicted octanol–water partition coefficient (Wildman–Crippen LogP) is 7.97. The van der Waals surface area contributed by atoms with E-state index in [-0.39, 0.29) is 22.9 Å². The molecule has 0 radical (unpaired) electrons. The van der Waals surface area contributed by atoms with E-state index in [0.717, 1.165) is 12.1 Å². The minimum absolute atomic E-state index is 0.0277. The lowest BCUT2D eigenvalue weighted by atomic mass is 10.1. The molecule has 0 aromatic heterocycles. The summed E-state index contributed by atoms with van der Waals surface area (Å²) in [7, 11) is 0. The van der Waals surface area contributed by atoms with Gasteiger partial charge in [-0.2, -0.15) is 13.2 Å². The molecule has 0 aliphatic rings. The van der Waals surface area contributed by atoms with Crippen LogP contribution in [0.5, 0.6) is 5.75 Å². The molecule has 0 atom stereocenters. The summed E-state index contributed by atoms with van der Waals surface area (Å²) in [6.45, 7) is 6.78. The van der Waals surface area contributed by atoms with E-state index < -0.39 is 23.3 Å². The quantitative estimate of drug-likeness (QED) is 0.263. The number of aryl methyl sites for hydroxylation is 1. The molecule has 9 heteroatoms. The highest BCUT2D eigenvalue weighted by molar-refractivity contribution is 14.1. The van der Waals surface area contributed by atoms with Crippen molar-refractivity contribution >= 4 is 57.8 Å². The van der Waals surface area contributed by atoms with Crippen LogP contribution in [0.4, 0.5) is 13.2 Å². The Morgan fingerprint density at radius 1 is 1.16 bits per heavy atom. The molecule has 2 rings (SSSR count). The van der Waals surface area contributed by atoms with Gasteiger partial charge in [-0.05, 0) is 86.2 Å². The molecule has 0 aliphatic carbocycles. The first-order valence-electron chi connectivity index (χ1n) is 9.08. The van der Waals surface area contributed by atoms with E-state index in [1.54, 1.807) is 39.8 Å². The van der Waals surface area contributed by atoms with Crippen LogP contribution < -0.4 is 4.74 Å². The third kappa shape index (κ3) is 7.02. The third-order valence-electron chi connectivity index (χ3n) is 3.91. The van der Waals surface area contributed by atoms with Crippen LogP contribution in [-0.4, -0.2) is 18.2 Å². The number of ether oxygens (including phenoxy) is 2. The first kappa shape index (κ1) is 25.8. The fourth-order valence-electron chi connectivity index (χ4n) is 2.52. The summed E-state index contributed by atoms with van der Waals surface area (Å²) in [4.78, 5) is 12.4. The van der Waals surface area contributed by atoms with Gasteiger partial charge in [0.15, 0.2) is 0 Å². The number of esters is 1. The number of carbonyl (C=O) groups is 1. The highest BCUT2D eigenvalue weighted by atomic mass is 127. The first-order valence-corrected chi connectivity index (χ1v) is 10.9. The topological polar surface area (TPSA) is 35.5 Å². The Morgan fingerprint density at radius 2 is 1.81 bits per heavy atom. The highest BCUT2D eigenvalue weighted by Gasteiger charge is 2.32. The van der Waals surface area contributed by atoms with Crippen molar-refractivity contribution in [2.75, 3.05) is 6.61 Å². The summed E-state index contributed by atoms with van der Waals surface area (Å²) in [5.74, 6) is -0.466. The van der Waals surface area contributed by atoms with E-state index in [1.807, 2.05) is 22.6 Å². The van der Waals surface area contributed by atoms with Crippen LogP contribution >= 0.6 is 45.8 Å². The second-order valence-electron chi connectivity index (χ2n) is 7.64. The molecular formula is C22H20Cl2F3IO3. The molecular weight excluding hydrogens is 567 g/mol. The molecule has 0 saturated carbocycles. The average Bonchev–Trinajstić information content (AvgIpc) is 2.61. The largest absolute Gasteiger partial charge is 0.488 e. The molecule has 0 saturated heterocycles. The van der Waals surface area contributed by atoms with Crippen molar-refractivity contribution in [3.05, 3.63) is 66.2 Å². The van der Waals surface area contributed by atoms with Crippen LogP contribution in [0.25, 0.3) is 6.08 Å². The Morgan fingerprint density at radius 3 is 2.39 bits per heavy atom. The van der Waals surface area contributed by atoms with Gasteiger partial charge in [0.25, 0.3) is 0 Å². The Kier molecular flexibility index (Phi) is 8.33. The summed E-state index contributed by atoms with van der Waals surface area (Å²) in [6.07, 6.45) is -1.37. The Bertz CT molecular complexity index is 1010. The first-order chi connectivity index (χ1) is 14.2. The van der Waals surface area contributed by atoms with Crippen LogP contribution in [0.15, 0.2) is 30.3 Å². The molecule has 0 heterocycles. The summed E-state index contributed by atoms with van der Waals surface area (Å²) >= 11 is 14.5. The van der Waals surface area contributed by atoms with Gasteiger partial charge >= 0.3 is 12.1 Å². The zero-order chi connectivity index (χ0) is 23.6. The maximum atomic E-state index is 13.0. The Labute approximate surface area is 202 Å². The molecule has 0 aliphatic heterocycles. The summed E-state index contributed by atoms with van der Waals surface area (Å²) in [5.41, 5.74) is -0.467. The molecule has 0 fully saturated rings. The lowest BCUT2D eigenvalue weighted by Gasteiger charge is -2.20. The summed E-state index contributed by atoms with van der Waals surface area (Å²) in [5, 5.41) is 0.417. The predicted molar refractivity (Wildman–Crippen MR) is 125 cm³/mol. The van der Waals surface area contributed by atoms with Gasteiger partial charge in [-0.15, -0.1) is 0 Å². The molecule has 31 heavy (non-hydrogen) atoms. The minimum atomic E-state index is -4.47. The van der Waals surface area contributed by atoms with Gasteiger partial charge in [-0.1, -0.05) is 29.3 Å². The van der Waals surface area contributed by atoms with Crippen molar-refractivity contribution in [2.45, 2.75) is 39.5 Å². The molecule has 2 aromatic carbocycles. The van der Waals surface area contributed by atoms with Gasteiger partial charge in [0.2, 0.25) is 0 Å². The molecule has 168 valence electrons. The Hall–Kier alpha value is -1.45. The van der Waals surface area contributed by atoms with Gasteiger partial charge in [0, 0.05) is 10.6 Å². The zero-order valence-corrected chi connectivity index (χ0v) is 20.8. The number of benzene rings is 2. The van der Waals surface area contributed by atoms with Crippen molar-refractivity contribution < 1.29 is 27.4 Å². The molecule has 0 N–H and O–H groups in total. The van der Waals surface area contributed by atoms with Crippen molar-refractivity contribution in [3.8, 4) is 5.75 Å². The SMILES string of the molecule is Cc1cc(C(F)(F)F)cc(OC/C=C\c2c(Cl)ccc(C(=O)OC(C)(C)C)c2Cl)c1I. The maximum absolute atomic E-state index is 13.0. The van der Waals surface area contributed by atoms with Gasteiger partial charge in [-0.3, -0.25) is 0 Å². The van der Waals surface area contributed by atoms with E-state index in [1.165, 1.54) is 12.1 Å². The average molecular weight is 587 g/mol. The highest BCUT2D eigenvalue weighted by Crippen LogP contribution is 2.36. The van der Waals surface area contributed by atoms with Crippen LogP contribution in [0, 0.1) is 10.5 Å². The smallest absolute Gasteiger partial charge is 0.416 e. The molecule has 3 nitrogen and oxygen atoms in total. The van der Waals surface area contributed by atoms with Gasteiger partial charge in [0.1, 0.15) is 18.0 Å². The molecule has 0 amide bonds. The minimum Gasteiger partial charge on any atom is -0.488 e. The lowest BCUT2D eigenvalue weighted by Crippen LogP contribution is -2.24. The number of carbonyl (C=O) groups excluding carboxylic acids is 1. The number of alkyl halides is 3. The standard InChI is InChI=1S/C22H20Cl2F3IO3/c1-12-10-13(22(25,26)27)11-17(19(12)28)30-9-5-6-14-16(23)8-7-15(18(14)24)20(29)31-21(2,3)4/h5-8,10-11H,9H2,1-4H3/b6-5-. The monoisotopic (exact) mass is 586 g/mol. The second-order valence-corrected chi connectivity index (χ2v) is 9.50. The number of hydrogen-bond acceptors (Lipinski definition) is 3. The van der Waals surface area contributed by atoms with Gasteiger partial charge < -0.3 is 9.47 Å². The van der Waals surface area contributed by atoms with E-state index >= 15 is 0 Å². The normalized spacial score (nSPS) is 12.3. The van der Waals surface area contributed by atoms with E-state index in [2.05, 4.69) is 0 Å². The van der Waals surface area contributed by atoms with Crippen LogP contribution in [0.1, 0.15) is 47.8 Å². The van der Waals surface area contributed by atoms with Gasteiger partial charge in [0.05, 0.1) is 19.7 Å². The van der Waals surface area contributed by atoms with Crippen molar-refractivity contribution in [2.24, 2.45) is 0 Å². The molecule has 0 bridgehead atoms. The van der Waals surface area contributed by atoms with Crippen LogP contribution in [0.2, 0.25) is 10.0 Å². The molecule has 0 spiro atoms. The van der Waals surface area contributed by atoms with E-state index in [0.29, 0.717) is 19.7 Å². The van der Waals surface area contributed by atoms with Crippen molar-refractivity contribution in [3.63, 3.8) is 0 Å². The Balaban J connectivity index is 2.22.